The third-order valence-corrected chi connectivity index (χ3v) is 5.47. The Balaban J connectivity index is 1.80. The maximum absolute atomic E-state index is 5.59. The molecular formula is C5H2Cl2N4S4. The molecule has 0 saturated carbocycles. The van der Waals surface area contributed by atoms with Gasteiger partial charge in [0.1, 0.15) is 0 Å². The first-order chi connectivity index (χ1) is 7.24. The maximum Gasteiger partial charge on any atom is 0.235 e. The van der Waals surface area contributed by atoms with Crippen LogP contribution < -0.4 is 0 Å². The van der Waals surface area contributed by atoms with Crippen LogP contribution in [-0.4, -0.2) is 23.8 Å². The van der Waals surface area contributed by atoms with E-state index in [1.807, 2.05) is 0 Å². The number of hydrogen-bond donors (Lipinski definition) is 0. The number of nitrogens with zero attached hydrogens (tertiary/aromatic N) is 4. The molecule has 0 aliphatic rings. The van der Waals surface area contributed by atoms with Crippen LogP contribution in [0.25, 0.3) is 0 Å². The molecule has 0 amide bonds. The summed E-state index contributed by atoms with van der Waals surface area (Å²) in [5.41, 5.74) is 0. The number of halogens is 2. The van der Waals surface area contributed by atoms with Crippen molar-refractivity contribution in [2.24, 2.45) is 0 Å². The molecule has 0 fully saturated rings. The average Bonchev–Trinajstić information content (AvgIpc) is 2.76. The van der Waals surface area contributed by atoms with E-state index < -0.39 is 0 Å². The number of hydrogen-bond acceptors (Lipinski definition) is 8. The van der Waals surface area contributed by atoms with Crippen LogP contribution in [-0.2, 0) is 0 Å². The predicted molar refractivity (Wildman–Crippen MR) is 66.4 cm³/mol. The van der Waals surface area contributed by atoms with E-state index in [1.54, 1.807) is 23.5 Å². The lowest BCUT2D eigenvalue weighted by Crippen LogP contribution is -1.73. The Morgan fingerprint density at radius 1 is 0.933 bits per heavy atom. The highest BCUT2D eigenvalue weighted by molar-refractivity contribution is 8.17. The summed E-state index contributed by atoms with van der Waals surface area (Å²) < 4.78 is 9.43. The SMILES string of the molecule is Clc1nsc(SCSc2nc(Cl)ns2)n1. The zero-order chi connectivity index (χ0) is 10.7. The van der Waals surface area contributed by atoms with Gasteiger partial charge < -0.3 is 0 Å². The van der Waals surface area contributed by atoms with Gasteiger partial charge in [0.25, 0.3) is 0 Å². The fraction of sp³-hybridized carbons (Fsp3) is 0.200. The molecular weight excluding hydrogens is 315 g/mol. The summed E-state index contributed by atoms with van der Waals surface area (Å²) in [5, 5.41) is 1.38. The summed E-state index contributed by atoms with van der Waals surface area (Å²) in [5.74, 6) is 0. The third-order valence-electron chi connectivity index (χ3n) is 1.13. The van der Waals surface area contributed by atoms with Gasteiger partial charge in [0.05, 0.1) is 5.08 Å². The van der Waals surface area contributed by atoms with Crippen LogP contribution in [0.4, 0.5) is 0 Å². The van der Waals surface area contributed by atoms with E-state index in [9.17, 15) is 0 Å². The quantitative estimate of drug-likeness (QED) is 0.635. The molecule has 80 valence electrons. The van der Waals surface area contributed by atoms with E-state index in [-0.39, 0.29) is 0 Å². The standard InChI is InChI=1S/C5H2Cl2N4S4/c6-2-8-4(14-10-2)12-1-13-5-9-3(7)11-15-5/h1H2. The van der Waals surface area contributed by atoms with Crippen LogP contribution in [0.15, 0.2) is 8.68 Å². The molecule has 0 spiro atoms. The lowest BCUT2D eigenvalue weighted by molar-refractivity contribution is 1.21. The van der Waals surface area contributed by atoms with Crippen molar-refractivity contribution in [3.63, 3.8) is 0 Å². The van der Waals surface area contributed by atoms with Crippen molar-refractivity contribution in [3.05, 3.63) is 10.6 Å². The van der Waals surface area contributed by atoms with E-state index in [2.05, 4.69) is 18.7 Å². The van der Waals surface area contributed by atoms with Gasteiger partial charge in [0.15, 0.2) is 8.68 Å². The molecule has 0 bridgehead atoms. The maximum atomic E-state index is 5.59. The van der Waals surface area contributed by atoms with E-state index in [4.69, 9.17) is 23.2 Å². The summed E-state index contributed by atoms with van der Waals surface area (Å²) >= 11 is 16.9. The largest absolute Gasteiger partial charge is 0.235 e. The van der Waals surface area contributed by atoms with Crippen LogP contribution >= 0.6 is 69.8 Å². The highest BCUT2D eigenvalue weighted by Gasteiger charge is 2.05. The molecule has 2 rings (SSSR count). The minimum atomic E-state index is 0.298. The Labute approximate surface area is 112 Å². The molecule has 0 aromatic carbocycles. The van der Waals surface area contributed by atoms with E-state index in [0.717, 1.165) is 13.8 Å². The van der Waals surface area contributed by atoms with Gasteiger partial charge in [-0.15, -0.1) is 0 Å². The van der Waals surface area contributed by atoms with E-state index in [0.29, 0.717) is 10.6 Å². The first-order valence-corrected chi connectivity index (χ1v) is 7.75. The molecule has 0 N–H and O–H groups in total. The van der Waals surface area contributed by atoms with E-state index in [1.165, 1.54) is 23.1 Å². The summed E-state index contributed by atoms with van der Waals surface area (Å²) in [7, 11) is 0. The lowest BCUT2D eigenvalue weighted by atomic mass is 11.3. The van der Waals surface area contributed by atoms with Crippen LogP contribution in [0.1, 0.15) is 0 Å². The molecule has 0 aliphatic carbocycles. The molecule has 0 saturated heterocycles. The van der Waals surface area contributed by atoms with Gasteiger partial charge in [-0.05, 0) is 46.3 Å². The highest BCUT2D eigenvalue weighted by Crippen LogP contribution is 2.30. The molecule has 0 unspecified atom stereocenters. The third kappa shape index (κ3) is 3.72. The zero-order valence-electron chi connectivity index (χ0n) is 6.88. The van der Waals surface area contributed by atoms with Gasteiger partial charge >= 0.3 is 0 Å². The second kappa shape index (κ2) is 5.65. The molecule has 2 aromatic heterocycles. The van der Waals surface area contributed by atoms with Gasteiger partial charge in [-0.2, -0.15) is 18.7 Å². The molecule has 2 heterocycles. The lowest BCUT2D eigenvalue weighted by Gasteiger charge is -1.92. The monoisotopic (exact) mass is 316 g/mol. The molecule has 2 aromatic rings. The Bertz CT molecular complexity index is 403. The second-order valence-electron chi connectivity index (χ2n) is 2.07. The van der Waals surface area contributed by atoms with Crippen molar-refractivity contribution in [2.45, 2.75) is 8.68 Å². The van der Waals surface area contributed by atoms with Gasteiger partial charge in [0, 0.05) is 0 Å². The van der Waals surface area contributed by atoms with Crippen molar-refractivity contribution in [2.75, 3.05) is 5.08 Å². The van der Waals surface area contributed by atoms with Crippen molar-refractivity contribution < 1.29 is 0 Å². The topological polar surface area (TPSA) is 51.6 Å². The highest BCUT2D eigenvalue weighted by atomic mass is 35.5. The van der Waals surface area contributed by atoms with Gasteiger partial charge in [0.2, 0.25) is 10.6 Å². The number of rotatable bonds is 4. The predicted octanol–water partition coefficient (Wildman–Crippen LogP) is 3.54. The average molecular weight is 317 g/mol. The Hall–Kier alpha value is 0.400. The molecule has 0 atom stereocenters. The number of thioether (sulfide) groups is 2. The molecule has 4 nitrogen and oxygen atoms in total. The fourth-order valence-electron chi connectivity index (χ4n) is 0.633. The number of aromatic nitrogens is 4. The van der Waals surface area contributed by atoms with Gasteiger partial charge in [-0.1, -0.05) is 23.5 Å². The molecule has 0 aliphatic heterocycles. The minimum absolute atomic E-state index is 0.298. The second-order valence-corrected chi connectivity index (χ2v) is 7.06. The Kier molecular flexibility index (Phi) is 4.47. The zero-order valence-corrected chi connectivity index (χ0v) is 11.7. The van der Waals surface area contributed by atoms with Crippen LogP contribution in [0.5, 0.6) is 0 Å². The van der Waals surface area contributed by atoms with Crippen molar-refractivity contribution in [1.82, 2.24) is 18.7 Å². The molecule has 15 heavy (non-hydrogen) atoms. The normalized spacial score (nSPS) is 10.8. The Morgan fingerprint density at radius 2 is 1.40 bits per heavy atom. The van der Waals surface area contributed by atoms with Crippen LogP contribution in [0.3, 0.4) is 0 Å². The first-order valence-electron chi connectivity index (χ1n) is 3.48. The van der Waals surface area contributed by atoms with Gasteiger partial charge in [-0.25, -0.2) is 0 Å². The van der Waals surface area contributed by atoms with Crippen molar-refractivity contribution in [1.29, 1.82) is 0 Å². The summed E-state index contributed by atoms with van der Waals surface area (Å²) in [6, 6.07) is 0. The fourth-order valence-corrected chi connectivity index (χ4v) is 4.71. The summed E-state index contributed by atoms with van der Waals surface area (Å²) in [6.07, 6.45) is 0. The van der Waals surface area contributed by atoms with Crippen molar-refractivity contribution in [3.8, 4) is 0 Å². The summed E-state index contributed by atoms with van der Waals surface area (Å²) in [4.78, 5) is 8.02. The van der Waals surface area contributed by atoms with Gasteiger partial charge in [-0.3, -0.25) is 0 Å². The van der Waals surface area contributed by atoms with Crippen LogP contribution in [0.2, 0.25) is 10.6 Å². The van der Waals surface area contributed by atoms with Crippen molar-refractivity contribution >= 4 is 69.8 Å². The van der Waals surface area contributed by atoms with Crippen LogP contribution in [0, 0.1) is 0 Å². The molecule has 10 heteroatoms. The summed E-state index contributed by atoms with van der Waals surface area (Å²) in [6.45, 7) is 0. The Morgan fingerprint density at radius 3 is 1.73 bits per heavy atom. The molecule has 0 radical (unpaired) electrons. The minimum Gasteiger partial charge on any atom is -0.198 e. The van der Waals surface area contributed by atoms with E-state index >= 15 is 0 Å². The first kappa shape index (κ1) is 11.9. The smallest absolute Gasteiger partial charge is 0.198 e.